The highest BCUT2D eigenvalue weighted by atomic mass is 32.1. The second-order valence-electron chi connectivity index (χ2n) is 5.64. The van der Waals surface area contributed by atoms with Crippen molar-refractivity contribution in [2.45, 2.75) is 0 Å². The molecule has 2 aromatic heterocycles. The fraction of sp³-hybridized carbons (Fsp3) is 0.176. The molecule has 25 heavy (non-hydrogen) atoms. The molecule has 3 heterocycles. The maximum absolute atomic E-state index is 12.5. The first-order valence-corrected chi connectivity index (χ1v) is 8.71. The van der Waals surface area contributed by atoms with Gasteiger partial charge in [-0.1, -0.05) is 30.3 Å². The minimum atomic E-state index is -0.220. The fourth-order valence-corrected chi connectivity index (χ4v) is 3.55. The van der Waals surface area contributed by atoms with Crippen molar-refractivity contribution in [2.24, 2.45) is 0 Å². The number of hydrogen-bond acceptors (Lipinski definition) is 5. The van der Waals surface area contributed by atoms with E-state index < -0.39 is 0 Å². The second kappa shape index (κ2) is 6.48. The average Bonchev–Trinajstić information content (AvgIpc) is 3.31. The molecule has 0 radical (unpaired) electrons. The Bertz CT molecular complexity index is 918. The Labute approximate surface area is 147 Å². The maximum atomic E-state index is 12.5. The number of piperazine rings is 1. The summed E-state index contributed by atoms with van der Waals surface area (Å²) in [6, 6.07) is 9.84. The van der Waals surface area contributed by atoms with Gasteiger partial charge in [0.25, 0.3) is 5.91 Å². The minimum Gasteiger partial charge on any atom is -0.353 e. The summed E-state index contributed by atoms with van der Waals surface area (Å²) < 4.78 is 0. The number of aromatic amines is 1. The Kier molecular flexibility index (Phi) is 4.02. The topological polar surface area (TPSA) is 91.0 Å². The Balaban J connectivity index is 1.61. The summed E-state index contributed by atoms with van der Waals surface area (Å²) in [4.78, 5) is 30.0. The molecular weight excluding hydrogens is 338 g/mol. The van der Waals surface area contributed by atoms with Gasteiger partial charge in [-0.05, 0) is 0 Å². The summed E-state index contributed by atoms with van der Waals surface area (Å²) in [5.41, 5.74) is 3.08. The number of rotatable bonds is 3. The van der Waals surface area contributed by atoms with Crippen LogP contribution in [0.1, 0.15) is 10.5 Å². The normalized spacial score (nSPS) is 14.4. The predicted octanol–water partition coefficient (Wildman–Crippen LogP) is 1.77. The number of H-pyrrole nitrogens is 1. The average molecular weight is 353 g/mol. The molecule has 4 rings (SSSR count). The zero-order valence-electron chi connectivity index (χ0n) is 13.2. The molecule has 7 nitrogen and oxygen atoms in total. The van der Waals surface area contributed by atoms with E-state index in [-0.39, 0.29) is 18.4 Å². The zero-order chi connectivity index (χ0) is 17.2. The van der Waals surface area contributed by atoms with Crippen LogP contribution in [0.15, 0.2) is 41.9 Å². The van der Waals surface area contributed by atoms with Gasteiger partial charge in [0, 0.05) is 24.0 Å². The smallest absolute Gasteiger partial charge is 0.273 e. The van der Waals surface area contributed by atoms with Crippen molar-refractivity contribution in [3.05, 3.63) is 47.6 Å². The lowest BCUT2D eigenvalue weighted by Crippen LogP contribution is -2.50. The first-order chi connectivity index (χ1) is 12.2. The SMILES string of the molecule is O=C1CN(C(=O)c2csc(-c3cn[nH]c3-c3ccccc3)n2)CCN1. The van der Waals surface area contributed by atoms with Crippen LogP contribution in [-0.4, -0.2) is 51.5 Å². The van der Waals surface area contributed by atoms with Crippen LogP contribution in [0.4, 0.5) is 0 Å². The summed E-state index contributed by atoms with van der Waals surface area (Å²) in [5, 5.41) is 12.3. The molecule has 8 heteroatoms. The zero-order valence-corrected chi connectivity index (χ0v) is 14.0. The van der Waals surface area contributed by atoms with Crippen LogP contribution in [0.3, 0.4) is 0 Å². The van der Waals surface area contributed by atoms with Crippen molar-refractivity contribution in [3.63, 3.8) is 0 Å². The number of carbonyl (C=O) groups excluding carboxylic acids is 2. The molecule has 0 bridgehead atoms. The molecule has 0 unspecified atom stereocenters. The monoisotopic (exact) mass is 353 g/mol. The van der Waals surface area contributed by atoms with E-state index in [0.29, 0.717) is 18.8 Å². The first-order valence-electron chi connectivity index (χ1n) is 7.83. The third-order valence-electron chi connectivity index (χ3n) is 3.98. The van der Waals surface area contributed by atoms with E-state index in [4.69, 9.17) is 0 Å². The molecule has 1 aromatic carbocycles. The third kappa shape index (κ3) is 3.03. The van der Waals surface area contributed by atoms with E-state index in [1.54, 1.807) is 11.6 Å². The number of benzene rings is 1. The number of thiazole rings is 1. The van der Waals surface area contributed by atoms with E-state index in [1.807, 2.05) is 30.3 Å². The lowest BCUT2D eigenvalue weighted by atomic mass is 10.1. The minimum absolute atomic E-state index is 0.0761. The Morgan fingerprint density at radius 1 is 1.24 bits per heavy atom. The number of nitrogens with one attached hydrogen (secondary N) is 2. The first kappa shape index (κ1) is 15.5. The third-order valence-corrected chi connectivity index (χ3v) is 4.86. The predicted molar refractivity (Wildman–Crippen MR) is 94.0 cm³/mol. The van der Waals surface area contributed by atoms with Crippen molar-refractivity contribution in [1.29, 1.82) is 0 Å². The quantitative estimate of drug-likeness (QED) is 0.751. The largest absolute Gasteiger partial charge is 0.353 e. The van der Waals surface area contributed by atoms with Crippen LogP contribution < -0.4 is 5.32 Å². The standard InChI is InChI=1S/C17H15N5O2S/c23-14-9-22(7-6-18-14)17(24)13-10-25-16(20-13)12-8-19-21-15(12)11-4-2-1-3-5-11/h1-5,8,10H,6-7,9H2,(H,18,23)(H,19,21). The van der Waals surface area contributed by atoms with Gasteiger partial charge in [-0.25, -0.2) is 4.98 Å². The van der Waals surface area contributed by atoms with Crippen molar-refractivity contribution in [1.82, 2.24) is 25.4 Å². The van der Waals surface area contributed by atoms with E-state index in [1.165, 1.54) is 16.2 Å². The van der Waals surface area contributed by atoms with E-state index >= 15 is 0 Å². The molecule has 1 fully saturated rings. The van der Waals surface area contributed by atoms with Crippen molar-refractivity contribution >= 4 is 23.2 Å². The van der Waals surface area contributed by atoms with Gasteiger partial charge in [0.15, 0.2) is 0 Å². The van der Waals surface area contributed by atoms with Crippen molar-refractivity contribution < 1.29 is 9.59 Å². The van der Waals surface area contributed by atoms with Crippen LogP contribution in [0, 0.1) is 0 Å². The summed E-state index contributed by atoms with van der Waals surface area (Å²) in [5.74, 6) is -0.363. The Hall–Kier alpha value is -3.00. The number of hydrogen-bond donors (Lipinski definition) is 2. The van der Waals surface area contributed by atoms with E-state index in [9.17, 15) is 9.59 Å². The second-order valence-corrected chi connectivity index (χ2v) is 6.50. The molecule has 0 atom stereocenters. The molecule has 2 amide bonds. The van der Waals surface area contributed by atoms with Crippen LogP contribution >= 0.6 is 11.3 Å². The molecule has 3 aromatic rings. The molecule has 2 N–H and O–H groups in total. The van der Waals surface area contributed by atoms with E-state index in [0.717, 1.165) is 21.8 Å². The molecular formula is C17H15N5O2S. The molecule has 126 valence electrons. The van der Waals surface area contributed by atoms with Gasteiger partial charge in [0.05, 0.1) is 24.0 Å². The van der Waals surface area contributed by atoms with Gasteiger partial charge in [0.2, 0.25) is 5.91 Å². The van der Waals surface area contributed by atoms with Crippen LogP contribution in [-0.2, 0) is 4.79 Å². The lowest BCUT2D eigenvalue weighted by molar-refractivity contribution is -0.123. The van der Waals surface area contributed by atoms with Gasteiger partial charge < -0.3 is 10.2 Å². The summed E-state index contributed by atoms with van der Waals surface area (Å²) in [6.45, 7) is 1.05. The van der Waals surface area contributed by atoms with Crippen molar-refractivity contribution in [2.75, 3.05) is 19.6 Å². The van der Waals surface area contributed by atoms with E-state index in [2.05, 4.69) is 20.5 Å². The molecule has 1 aliphatic heterocycles. The molecule has 1 aliphatic rings. The molecule has 0 spiro atoms. The van der Waals surface area contributed by atoms with Gasteiger partial charge in [0.1, 0.15) is 10.7 Å². The molecule has 0 saturated carbocycles. The number of carbonyl (C=O) groups is 2. The van der Waals surface area contributed by atoms with Gasteiger partial charge in [-0.15, -0.1) is 11.3 Å². The fourth-order valence-electron chi connectivity index (χ4n) is 2.74. The Morgan fingerprint density at radius 3 is 2.88 bits per heavy atom. The number of aromatic nitrogens is 3. The Morgan fingerprint density at radius 2 is 2.08 bits per heavy atom. The van der Waals surface area contributed by atoms with Gasteiger partial charge in [-0.3, -0.25) is 14.7 Å². The van der Waals surface area contributed by atoms with Crippen molar-refractivity contribution in [3.8, 4) is 21.8 Å². The van der Waals surface area contributed by atoms with Gasteiger partial charge in [-0.2, -0.15) is 5.10 Å². The molecule has 1 saturated heterocycles. The maximum Gasteiger partial charge on any atom is 0.273 e. The number of amides is 2. The lowest BCUT2D eigenvalue weighted by Gasteiger charge is -2.25. The van der Waals surface area contributed by atoms with Crippen LogP contribution in [0.5, 0.6) is 0 Å². The molecule has 0 aliphatic carbocycles. The number of nitrogens with zero attached hydrogens (tertiary/aromatic N) is 3. The van der Waals surface area contributed by atoms with Gasteiger partial charge >= 0.3 is 0 Å². The summed E-state index contributed by atoms with van der Waals surface area (Å²) in [6.07, 6.45) is 1.71. The summed E-state index contributed by atoms with van der Waals surface area (Å²) in [7, 11) is 0. The highest BCUT2D eigenvalue weighted by Gasteiger charge is 2.24. The van der Waals surface area contributed by atoms with Crippen LogP contribution in [0.25, 0.3) is 21.8 Å². The summed E-state index contributed by atoms with van der Waals surface area (Å²) >= 11 is 1.39. The van der Waals surface area contributed by atoms with Crippen LogP contribution in [0.2, 0.25) is 0 Å². The highest BCUT2D eigenvalue weighted by Crippen LogP contribution is 2.32. The highest BCUT2D eigenvalue weighted by molar-refractivity contribution is 7.13.